The molecule has 9 nitrogen and oxygen atoms in total. The molecule has 1 saturated heterocycles. The first-order valence-corrected chi connectivity index (χ1v) is 10.7. The van der Waals surface area contributed by atoms with E-state index in [2.05, 4.69) is 15.6 Å². The van der Waals surface area contributed by atoms with Gasteiger partial charge in [-0.05, 0) is 41.5 Å². The molecule has 2 aromatic carbocycles. The Morgan fingerprint density at radius 3 is 2.53 bits per heavy atom. The second-order valence-corrected chi connectivity index (χ2v) is 8.17. The van der Waals surface area contributed by atoms with Crippen LogP contribution in [-0.4, -0.2) is 41.4 Å². The highest BCUT2D eigenvalue weighted by Gasteiger charge is 2.50. The third kappa shape index (κ3) is 3.81. The van der Waals surface area contributed by atoms with E-state index in [-0.39, 0.29) is 12.5 Å². The Balaban J connectivity index is 1.38. The molecule has 0 bridgehead atoms. The van der Waals surface area contributed by atoms with Crippen LogP contribution in [0.3, 0.4) is 0 Å². The highest BCUT2D eigenvalue weighted by Crippen LogP contribution is 2.33. The van der Waals surface area contributed by atoms with Gasteiger partial charge in [-0.25, -0.2) is 4.79 Å². The number of nitrogens with one attached hydrogen (secondary N) is 2. The van der Waals surface area contributed by atoms with Crippen LogP contribution in [0.25, 0.3) is 0 Å². The maximum absolute atomic E-state index is 13.1. The first kappa shape index (κ1) is 21.4. The van der Waals surface area contributed by atoms with Crippen molar-refractivity contribution in [2.45, 2.75) is 18.7 Å². The number of benzene rings is 2. The number of hydrogen-bond donors (Lipinski definition) is 2. The van der Waals surface area contributed by atoms with E-state index in [1.54, 1.807) is 53.7 Å². The summed E-state index contributed by atoms with van der Waals surface area (Å²) >= 11 is 0. The van der Waals surface area contributed by atoms with Crippen LogP contribution in [0.5, 0.6) is 11.5 Å². The number of pyridine rings is 1. The molecule has 0 saturated carbocycles. The molecular weight excluding hydrogens is 436 g/mol. The largest absolute Gasteiger partial charge is 0.497 e. The van der Waals surface area contributed by atoms with Gasteiger partial charge in [0.15, 0.2) is 5.54 Å². The molecular formula is C25H22N4O5. The lowest BCUT2D eigenvalue weighted by atomic mass is 9.89. The Bertz CT molecular complexity index is 1260. The maximum Gasteiger partial charge on any atom is 0.322 e. The molecule has 3 aromatic rings. The number of urea groups is 1. The van der Waals surface area contributed by atoms with Crippen LogP contribution in [-0.2, 0) is 23.5 Å². The van der Waals surface area contributed by atoms with Crippen molar-refractivity contribution in [2.75, 3.05) is 13.7 Å². The fourth-order valence-electron chi connectivity index (χ4n) is 4.26. The molecule has 1 aromatic heterocycles. The van der Waals surface area contributed by atoms with Crippen molar-refractivity contribution in [3.63, 3.8) is 0 Å². The summed E-state index contributed by atoms with van der Waals surface area (Å²) in [7, 11) is 1.54. The summed E-state index contributed by atoms with van der Waals surface area (Å²) in [6, 6.07) is 15.4. The fraction of sp³-hybridized carbons (Fsp3) is 0.200. The van der Waals surface area contributed by atoms with Crippen molar-refractivity contribution in [2.24, 2.45) is 0 Å². The Kier molecular flexibility index (Phi) is 5.37. The Morgan fingerprint density at radius 1 is 1.06 bits per heavy atom. The Labute approximate surface area is 195 Å². The van der Waals surface area contributed by atoms with Crippen molar-refractivity contribution in [3.05, 3.63) is 89.2 Å². The molecule has 9 heteroatoms. The molecule has 0 unspecified atom stereocenters. The lowest BCUT2D eigenvalue weighted by Gasteiger charge is -2.31. The monoisotopic (exact) mass is 458 g/mol. The number of nitrogens with zero attached hydrogens (tertiary/aromatic N) is 2. The summed E-state index contributed by atoms with van der Waals surface area (Å²) in [5.41, 5.74) is 1.42. The molecule has 5 rings (SSSR count). The SMILES string of the molecule is COc1ccc2c(c1)C(=O)N(C[C@@]1(c3ccc(OCc4cccnc4)cc3)NC(=O)NC1=O)C2. The van der Waals surface area contributed by atoms with Crippen LogP contribution in [0.15, 0.2) is 67.0 Å². The summed E-state index contributed by atoms with van der Waals surface area (Å²) in [6.45, 7) is 0.658. The van der Waals surface area contributed by atoms with Gasteiger partial charge in [0, 0.05) is 30.1 Å². The molecule has 0 spiro atoms. The van der Waals surface area contributed by atoms with Crippen LogP contribution in [0.2, 0.25) is 0 Å². The zero-order valence-corrected chi connectivity index (χ0v) is 18.4. The topological polar surface area (TPSA) is 110 Å². The molecule has 34 heavy (non-hydrogen) atoms. The van der Waals surface area contributed by atoms with E-state index in [9.17, 15) is 14.4 Å². The third-order valence-electron chi connectivity index (χ3n) is 6.04. The number of rotatable bonds is 7. The summed E-state index contributed by atoms with van der Waals surface area (Å²) in [5.74, 6) is 0.447. The zero-order valence-electron chi connectivity index (χ0n) is 18.4. The quantitative estimate of drug-likeness (QED) is 0.526. The lowest BCUT2D eigenvalue weighted by Crippen LogP contribution is -2.52. The van der Waals surface area contributed by atoms with Crippen LogP contribution >= 0.6 is 0 Å². The smallest absolute Gasteiger partial charge is 0.322 e. The summed E-state index contributed by atoms with van der Waals surface area (Å²) < 4.78 is 11.0. The number of carbonyl (C=O) groups excluding carboxylic acids is 3. The number of amides is 4. The molecule has 2 N–H and O–H groups in total. The number of imide groups is 1. The van der Waals surface area contributed by atoms with Crippen LogP contribution < -0.4 is 20.1 Å². The highest BCUT2D eigenvalue weighted by atomic mass is 16.5. The second-order valence-electron chi connectivity index (χ2n) is 8.17. The zero-order chi connectivity index (χ0) is 23.7. The van der Waals surface area contributed by atoms with Gasteiger partial charge in [0.25, 0.3) is 11.8 Å². The van der Waals surface area contributed by atoms with E-state index in [1.807, 2.05) is 18.2 Å². The highest BCUT2D eigenvalue weighted by molar-refractivity contribution is 6.08. The van der Waals surface area contributed by atoms with Crippen molar-refractivity contribution in [1.29, 1.82) is 0 Å². The molecule has 4 amide bonds. The predicted octanol–water partition coefficient (Wildman–Crippen LogP) is 2.36. The van der Waals surface area contributed by atoms with Crippen LogP contribution in [0, 0.1) is 0 Å². The van der Waals surface area contributed by atoms with E-state index in [4.69, 9.17) is 9.47 Å². The average molecular weight is 458 g/mol. The maximum atomic E-state index is 13.1. The number of carbonyl (C=O) groups is 3. The molecule has 0 aliphatic carbocycles. The fourth-order valence-corrected chi connectivity index (χ4v) is 4.26. The van der Waals surface area contributed by atoms with E-state index in [0.717, 1.165) is 11.1 Å². The minimum Gasteiger partial charge on any atom is -0.497 e. The number of fused-ring (bicyclic) bond motifs is 1. The van der Waals surface area contributed by atoms with Crippen molar-refractivity contribution >= 4 is 17.8 Å². The van der Waals surface area contributed by atoms with Gasteiger partial charge in [-0.1, -0.05) is 24.3 Å². The summed E-state index contributed by atoms with van der Waals surface area (Å²) in [5, 5.41) is 5.05. The molecule has 1 fully saturated rings. The molecule has 0 radical (unpaired) electrons. The minimum atomic E-state index is -1.42. The molecule has 2 aliphatic heterocycles. The second kappa shape index (κ2) is 8.51. The lowest BCUT2D eigenvalue weighted by molar-refractivity contribution is -0.124. The van der Waals surface area contributed by atoms with Gasteiger partial charge in [0.05, 0.1) is 13.7 Å². The van der Waals surface area contributed by atoms with E-state index in [1.165, 1.54) is 7.11 Å². The van der Waals surface area contributed by atoms with E-state index in [0.29, 0.717) is 35.8 Å². The molecule has 2 aliphatic rings. The molecule has 1 atom stereocenters. The predicted molar refractivity (Wildman–Crippen MR) is 121 cm³/mol. The van der Waals surface area contributed by atoms with Crippen molar-refractivity contribution in [1.82, 2.24) is 20.5 Å². The first-order chi connectivity index (χ1) is 16.5. The van der Waals surface area contributed by atoms with Gasteiger partial charge >= 0.3 is 6.03 Å². The first-order valence-electron chi connectivity index (χ1n) is 10.7. The number of methoxy groups -OCH3 is 1. The van der Waals surface area contributed by atoms with Gasteiger partial charge in [-0.2, -0.15) is 0 Å². The number of aromatic nitrogens is 1. The van der Waals surface area contributed by atoms with Crippen molar-refractivity contribution in [3.8, 4) is 11.5 Å². The third-order valence-corrected chi connectivity index (χ3v) is 6.04. The Morgan fingerprint density at radius 2 is 1.85 bits per heavy atom. The van der Waals surface area contributed by atoms with Crippen LogP contribution in [0.4, 0.5) is 4.79 Å². The van der Waals surface area contributed by atoms with Gasteiger partial charge in [-0.15, -0.1) is 0 Å². The van der Waals surface area contributed by atoms with Gasteiger partial charge in [-0.3, -0.25) is 19.9 Å². The van der Waals surface area contributed by atoms with E-state index < -0.39 is 17.5 Å². The van der Waals surface area contributed by atoms with Gasteiger partial charge < -0.3 is 19.7 Å². The molecule has 172 valence electrons. The summed E-state index contributed by atoms with van der Waals surface area (Å²) in [4.78, 5) is 43.8. The number of hydrogen-bond acceptors (Lipinski definition) is 6. The normalized spacial score (nSPS) is 19.0. The minimum absolute atomic E-state index is 0.0176. The number of ether oxygens (including phenoxy) is 2. The Hall–Kier alpha value is -4.40. The summed E-state index contributed by atoms with van der Waals surface area (Å²) in [6.07, 6.45) is 3.42. The van der Waals surface area contributed by atoms with Crippen LogP contribution in [0.1, 0.15) is 27.0 Å². The van der Waals surface area contributed by atoms with E-state index >= 15 is 0 Å². The van der Waals surface area contributed by atoms with Gasteiger partial charge in [0.2, 0.25) is 0 Å². The average Bonchev–Trinajstić information content (AvgIpc) is 3.33. The molecule has 3 heterocycles. The standard InChI is InChI=1S/C25H22N4O5/c1-33-20-7-4-17-13-29(22(30)21(17)11-20)15-25(23(31)27-24(32)28-25)18-5-8-19(9-6-18)34-14-16-3-2-10-26-12-16/h2-12H,13-15H2,1H3,(H2,27,28,31,32)/t25-/m0/s1. The van der Waals surface area contributed by atoms with Gasteiger partial charge in [0.1, 0.15) is 18.1 Å². The van der Waals surface area contributed by atoms with Crippen molar-refractivity contribution < 1.29 is 23.9 Å².